The summed E-state index contributed by atoms with van der Waals surface area (Å²) in [7, 11) is 0. The molecular formula is C15H21NO2S. The second kappa shape index (κ2) is 6.87. The molecule has 0 radical (unpaired) electrons. The van der Waals surface area contributed by atoms with Crippen LogP contribution in [0.1, 0.15) is 43.0 Å². The van der Waals surface area contributed by atoms with Gasteiger partial charge < -0.3 is 5.11 Å². The number of carbonyl (C=O) groups is 1. The van der Waals surface area contributed by atoms with Gasteiger partial charge in [-0.1, -0.05) is 13.3 Å². The summed E-state index contributed by atoms with van der Waals surface area (Å²) in [4.78, 5) is 14.4. The van der Waals surface area contributed by atoms with E-state index in [1.54, 1.807) is 17.4 Å². The molecule has 0 spiro atoms. The zero-order valence-electron chi connectivity index (χ0n) is 11.3. The Balaban J connectivity index is 1.91. The SMILES string of the molecule is CCCCN(Cc1cc(C=CC(=O)O)cs1)C1CC1. The standard InChI is InChI=1S/C15H21NO2S/c1-2-3-8-16(13-5-6-13)10-14-9-12(11-19-14)4-7-15(17)18/h4,7,9,11,13H,2-3,5-6,8,10H2,1H3,(H,17,18). The number of nitrogens with zero attached hydrogens (tertiary/aromatic N) is 1. The number of hydrogen-bond acceptors (Lipinski definition) is 3. The molecule has 2 rings (SSSR count). The Labute approximate surface area is 118 Å². The molecular weight excluding hydrogens is 258 g/mol. The van der Waals surface area contributed by atoms with E-state index in [0.29, 0.717) is 0 Å². The predicted molar refractivity (Wildman–Crippen MR) is 79.3 cm³/mol. The number of rotatable bonds is 8. The Morgan fingerprint density at radius 1 is 1.58 bits per heavy atom. The van der Waals surface area contributed by atoms with Gasteiger partial charge >= 0.3 is 5.97 Å². The van der Waals surface area contributed by atoms with Gasteiger partial charge in [0.2, 0.25) is 0 Å². The fourth-order valence-corrected chi connectivity index (χ4v) is 3.01. The van der Waals surface area contributed by atoms with E-state index in [4.69, 9.17) is 5.11 Å². The molecule has 0 aliphatic heterocycles. The maximum absolute atomic E-state index is 10.5. The summed E-state index contributed by atoms with van der Waals surface area (Å²) in [5.41, 5.74) is 0.994. The van der Waals surface area contributed by atoms with Crippen molar-refractivity contribution < 1.29 is 9.90 Å². The first kappa shape index (κ1) is 14.3. The summed E-state index contributed by atoms with van der Waals surface area (Å²) in [6, 6.07) is 2.89. The molecule has 4 heteroatoms. The zero-order chi connectivity index (χ0) is 13.7. The van der Waals surface area contributed by atoms with E-state index in [-0.39, 0.29) is 0 Å². The number of unbranched alkanes of at least 4 members (excludes halogenated alkanes) is 1. The van der Waals surface area contributed by atoms with Gasteiger partial charge in [-0.3, -0.25) is 4.90 Å². The molecule has 0 saturated heterocycles. The fourth-order valence-electron chi connectivity index (χ4n) is 2.13. The third kappa shape index (κ3) is 4.80. The Hall–Kier alpha value is -1.13. The average molecular weight is 279 g/mol. The highest BCUT2D eigenvalue weighted by Gasteiger charge is 2.28. The summed E-state index contributed by atoms with van der Waals surface area (Å²) in [5, 5.41) is 10.6. The zero-order valence-corrected chi connectivity index (χ0v) is 12.2. The number of carboxylic acids is 1. The summed E-state index contributed by atoms with van der Waals surface area (Å²) < 4.78 is 0. The summed E-state index contributed by atoms with van der Waals surface area (Å²) in [5.74, 6) is -0.893. The molecule has 1 fully saturated rings. The highest BCUT2D eigenvalue weighted by molar-refractivity contribution is 7.10. The largest absolute Gasteiger partial charge is 0.478 e. The van der Waals surface area contributed by atoms with Crippen LogP contribution in [-0.4, -0.2) is 28.6 Å². The summed E-state index contributed by atoms with van der Waals surface area (Å²) in [6.45, 7) is 4.42. The minimum Gasteiger partial charge on any atom is -0.478 e. The van der Waals surface area contributed by atoms with Gasteiger partial charge in [0.25, 0.3) is 0 Å². The van der Waals surface area contributed by atoms with Gasteiger partial charge in [0.05, 0.1) is 0 Å². The Bertz CT molecular complexity index is 449. The molecule has 1 aliphatic carbocycles. The van der Waals surface area contributed by atoms with Gasteiger partial charge in [-0.05, 0) is 48.9 Å². The number of hydrogen-bond donors (Lipinski definition) is 1. The first-order valence-corrected chi connectivity index (χ1v) is 7.79. The smallest absolute Gasteiger partial charge is 0.328 e. The van der Waals surface area contributed by atoms with Crippen LogP contribution in [-0.2, 0) is 11.3 Å². The lowest BCUT2D eigenvalue weighted by atomic mass is 10.2. The lowest BCUT2D eigenvalue weighted by molar-refractivity contribution is -0.131. The van der Waals surface area contributed by atoms with Crippen LogP contribution in [0.4, 0.5) is 0 Å². The van der Waals surface area contributed by atoms with E-state index in [2.05, 4.69) is 17.9 Å². The van der Waals surface area contributed by atoms with Crippen LogP contribution in [0.25, 0.3) is 6.08 Å². The van der Waals surface area contributed by atoms with E-state index in [0.717, 1.165) is 18.2 Å². The van der Waals surface area contributed by atoms with E-state index < -0.39 is 5.97 Å². The molecule has 3 nitrogen and oxygen atoms in total. The van der Waals surface area contributed by atoms with Crippen molar-refractivity contribution in [3.8, 4) is 0 Å². The topological polar surface area (TPSA) is 40.5 Å². The van der Waals surface area contributed by atoms with Gasteiger partial charge in [-0.15, -0.1) is 11.3 Å². The quantitative estimate of drug-likeness (QED) is 0.739. The normalized spacial score (nSPS) is 15.5. The Morgan fingerprint density at radius 2 is 2.37 bits per heavy atom. The molecule has 1 N–H and O–H groups in total. The highest BCUT2D eigenvalue weighted by atomic mass is 32.1. The van der Waals surface area contributed by atoms with Gasteiger partial charge in [0.15, 0.2) is 0 Å². The first-order valence-electron chi connectivity index (χ1n) is 6.91. The van der Waals surface area contributed by atoms with Gasteiger partial charge in [0.1, 0.15) is 0 Å². The second-order valence-electron chi connectivity index (χ2n) is 5.07. The molecule has 104 valence electrons. The van der Waals surface area contributed by atoms with Crippen molar-refractivity contribution in [2.75, 3.05) is 6.54 Å². The molecule has 1 saturated carbocycles. The van der Waals surface area contributed by atoms with Crippen molar-refractivity contribution >= 4 is 23.4 Å². The molecule has 0 atom stereocenters. The van der Waals surface area contributed by atoms with E-state index in [1.807, 2.05) is 5.38 Å². The lowest BCUT2D eigenvalue weighted by Crippen LogP contribution is -2.26. The minimum absolute atomic E-state index is 0.784. The molecule has 0 aromatic carbocycles. The fraction of sp³-hybridized carbons (Fsp3) is 0.533. The van der Waals surface area contributed by atoms with Crippen molar-refractivity contribution in [2.45, 2.75) is 45.2 Å². The monoisotopic (exact) mass is 279 g/mol. The van der Waals surface area contributed by atoms with Gasteiger partial charge in [0, 0.05) is 23.5 Å². The highest BCUT2D eigenvalue weighted by Crippen LogP contribution is 2.30. The minimum atomic E-state index is -0.893. The van der Waals surface area contributed by atoms with Crippen molar-refractivity contribution in [3.05, 3.63) is 28.0 Å². The Morgan fingerprint density at radius 3 is 3.00 bits per heavy atom. The predicted octanol–water partition coefficient (Wildman–Crippen LogP) is 3.61. The Kier molecular flexibility index (Phi) is 5.16. The van der Waals surface area contributed by atoms with Crippen LogP contribution < -0.4 is 0 Å². The van der Waals surface area contributed by atoms with Crippen LogP contribution in [0, 0.1) is 0 Å². The summed E-state index contributed by atoms with van der Waals surface area (Å²) >= 11 is 1.72. The molecule has 1 aliphatic rings. The van der Waals surface area contributed by atoms with Gasteiger partial charge in [-0.2, -0.15) is 0 Å². The van der Waals surface area contributed by atoms with E-state index >= 15 is 0 Å². The van der Waals surface area contributed by atoms with E-state index in [9.17, 15) is 4.79 Å². The lowest BCUT2D eigenvalue weighted by Gasteiger charge is -2.20. The van der Waals surface area contributed by atoms with Crippen molar-refractivity contribution in [3.63, 3.8) is 0 Å². The average Bonchev–Trinajstić information content (AvgIpc) is 3.13. The third-order valence-electron chi connectivity index (χ3n) is 3.31. The first-order chi connectivity index (χ1) is 9.19. The molecule has 0 unspecified atom stereocenters. The molecule has 1 aromatic heterocycles. The molecule has 0 amide bonds. The number of aliphatic carboxylic acids is 1. The molecule has 19 heavy (non-hydrogen) atoms. The third-order valence-corrected chi connectivity index (χ3v) is 4.25. The second-order valence-corrected chi connectivity index (χ2v) is 6.07. The van der Waals surface area contributed by atoms with Crippen LogP contribution in [0.3, 0.4) is 0 Å². The molecule has 0 bridgehead atoms. The molecule has 1 heterocycles. The van der Waals surface area contributed by atoms with Gasteiger partial charge in [-0.25, -0.2) is 4.79 Å². The van der Waals surface area contributed by atoms with Crippen molar-refractivity contribution in [2.24, 2.45) is 0 Å². The van der Waals surface area contributed by atoms with Crippen LogP contribution in [0.5, 0.6) is 0 Å². The maximum atomic E-state index is 10.5. The van der Waals surface area contributed by atoms with Crippen LogP contribution in [0.15, 0.2) is 17.5 Å². The van der Waals surface area contributed by atoms with Crippen LogP contribution in [0.2, 0.25) is 0 Å². The summed E-state index contributed by atoms with van der Waals surface area (Å²) in [6.07, 6.45) is 8.02. The van der Waals surface area contributed by atoms with Crippen LogP contribution >= 0.6 is 11.3 Å². The maximum Gasteiger partial charge on any atom is 0.328 e. The number of carboxylic acid groups (broad SMARTS) is 1. The van der Waals surface area contributed by atoms with Crippen molar-refractivity contribution in [1.29, 1.82) is 0 Å². The van der Waals surface area contributed by atoms with E-state index in [1.165, 1.54) is 43.2 Å². The number of thiophene rings is 1. The molecule has 1 aromatic rings. The van der Waals surface area contributed by atoms with Crippen molar-refractivity contribution in [1.82, 2.24) is 4.90 Å².